The van der Waals surface area contributed by atoms with E-state index in [2.05, 4.69) is 87.0 Å². The van der Waals surface area contributed by atoms with Gasteiger partial charge < -0.3 is 0 Å². The van der Waals surface area contributed by atoms with E-state index in [9.17, 15) is 0 Å². The Hall–Kier alpha value is -2.30. The van der Waals surface area contributed by atoms with Crippen molar-refractivity contribution in [3.8, 4) is 21.1 Å². The van der Waals surface area contributed by atoms with Gasteiger partial charge in [0.05, 0.1) is 11.4 Å². The number of nitrogens with zero attached hydrogens (tertiary/aromatic N) is 2. The maximum atomic E-state index is 4.99. The number of hydrogen-bond donors (Lipinski definition) is 0. The molecule has 4 heteroatoms. The minimum Gasteiger partial charge on any atom is -0.238 e. The lowest BCUT2D eigenvalue weighted by molar-refractivity contribution is 0.619. The summed E-state index contributed by atoms with van der Waals surface area (Å²) >= 11 is 3.38. The van der Waals surface area contributed by atoms with E-state index in [-0.39, 0.29) is 10.8 Å². The molecule has 5 rings (SSSR count). The normalized spacial score (nSPS) is 16.4. The van der Waals surface area contributed by atoms with Crippen molar-refractivity contribution in [1.82, 2.24) is 9.97 Å². The van der Waals surface area contributed by atoms with Crippen LogP contribution in [-0.2, 0) is 10.8 Å². The van der Waals surface area contributed by atoms with Crippen LogP contribution >= 0.6 is 22.7 Å². The molecular weight excluding hydrogens is 380 g/mol. The van der Waals surface area contributed by atoms with Crippen molar-refractivity contribution in [3.05, 3.63) is 81.8 Å². The lowest BCUT2D eigenvalue weighted by atomic mass is 9.79. The maximum absolute atomic E-state index is 4.99. The second kappa shape index (κ2) is 6.10. The Bertz CT molecular complexity index is 1090. The molecule has 1 aliphatic rings. The van der Waals surface area contributed by atoms with Crippen LogP contribution in [0.2, 0.25) is 0 Å². The molecule has 0 atom stereocenters. The quantitative estimate of drug-likeness (QED) is 0.320. The molecule has 0 N–H and O–H groups in total. The number of benzene rings is 2. The van der Waals surface area contributed by atoms with Crippen molar-refractivity contribution in [2.45, 2.75) is 38.5 Å². The van der Waals surface area contributed by atoms with Gasteiger partial charge in [0.25, 0.3) is 0 Å². The van der Waals surface area contributed by atoms with Crippen LogP contribution in [0, 0.1) is 0 Å². The Morgan fingerprint density at radius 1 is 0.643 bits per heavy atom. The summed E-state index contributed by atoms with van der Waals surface area (Å²) in [5.74, 6) is 0. The van der Waals surface area contributed by atoms with Crippen molar-refractivity contribution in [1.29, 1.82) is 0 Å². The molecule has 28 heavy (non-hydrogen) atoms. The number of aromatic nitrogens is 2. The standard InChI is InChI=1S/C24H22N2S2/c1-23(2)17-9-5-7-15(11-17)16-8-6-10-18(12-16)24(3,4)20-14-28-22(26-20)21-25-19(23)13-27-21/h5-14H,1-4H3. The average molecular weight is 403 g/mol. The van der Waals surface area contributed by atoms with E-state index in [1.165, 1.54) is 22.3 Å². The highest BCUT2D eigenvalue weighted by Crippen LogP contribution is 2.40. The lowest BCUT2D eigenvalue weighted by Gasteiger charge is -2.25. The van der Waals surface area contributed by atoms with Gasteiger partial charge in [-0.25, -0.2) is 9.97 Å². The molecule has 0 unspecified atom stereocenters. The highest BCUT2D eigenvalue weighted by molar-refractivity contribution is 7.19. The predicted octanol–water partition coefficient (Wildman–Crippen LogP) is 6.90. The molecule has 0 amide bonds. The largest absolute Gasteiger partial charge is 0.238 e. The topological polar surface area (TPSA) is 25.8 Å². The fourth-order valence-electron chi connectivity index (χ4n) is 3.79. The van der Waals surface area contributed by atoms with E-state index in [1.807, 2.05) is 0 Å². The fourth-order valence-corrected chi connectivity index (χ4v) is 5.81. The predicted molar refractivity (Wildman–Crippen MR) is 119 cm³/mol. The van der Waals surface area contributed by atoms with E-state index in [0.29, 0.717) is 0 Å². The van der Waals surface area contributed by atoms with Crippen molar-refractivity contribution < 1.29 is 0 Å². The Kier molecular flexibility index (Phi) is 3.87. The van der Waals surface area contributed by atoms with Gasteiger partial charge >= 0.3 is 0 Å². The number of fused-ring (bicyclic) bond motifs is 10. The second-order valence-corrected chi connectivity index (χ2v) is 10.2. The van der Waals surface area contributed by atoms with Gasteiger partial charge in [-0.05, 0) is 22.3 Å². The summed E-state index contributed by atoms with van der Waals surface area (Å²) in [5.41, 5.74) is 6.94. The van der Waals surface area contributed by atoms with Crippen LogP contribution in [0.4, 0.5) is 0 Å². The van der Waals surface area contributed by atoms with Crippen molar-refractivity contribution in [3.63, 3.8) is 0 Å². The molecular formula is C24H22N2S2. The Morgan fingerprint density at radius 2 is 1.07 bits per heavy atom. The number of hydrogen-bond acceptors (Lipinski definition) is 4. The molecule has 140 valence electrons. The molecule has 2 aromatic heterocycles. The Balaban J connectivity index is 1.82. The van der Waals surface area contributed by atoms with Gasteiger partial charge in [-0.1, -0.05) is 76.2 Å². The number of rotatable bonds is 0. The van der Waals surface area contributed by atoms with Crippen LogP contribution in [0.5, 0.6) is 0 Å². The van der Waals surface area contributed by atoms with Crippen LogP contribution in [0.15, 0.2) is 59.3 Å². The van der Waals surface area contributed by atoms with E-state index in [4.69, 9.17) is 9.97 Å². The molecule has 0 saturated carbocycles. The molecule has 0 spiro atoms. The zero-order valence-corrected chi connectivity index (χ0v) is 18.1. The summed E-state index contributed by atoms with van der Waals surface area (Å²) in [7, 11) is 0. The van der Waals surface area contributed by atoms with Crippen LogP contribution in [0.1, 0.15) is 50.2 Å². The summed E-state index contributed by atoms with van der Waals surface area (Å²) in [6, 6.07) is 17.8. The van der Waals surface area contributed by atoms with E-state index in [1.54, 1.807) is 22.7 Å². The molecule has 2 aromatic carbocycles. The molecule has 4 aromatic rings. The molecule has 8 bridgehead atoms. The third-order valence-electron chi connectivity index (χ3n) is 5.97. The monoisotopic (exact) mass is 402 g/mol. The minimum atomic E-state index is -0.161. The van der Waals surface area contributed by atoms with Gasteiger partial charge in [-0.3, -0.25) is 0 Å². The second-order valence-electron chi connectivity index (χ2n) is 8.49. The highest BCUT2D eigenvalue weighted by Gasteiger charge is 2.30. The van der Waals surface area contributed by atoms with Gasteiger partial charge in [0.2, 0.25) is 0 Å². The van der Waals surface area contributed by atoms with Gasteiger partial charge in [-0.15, -0.1) is 22.7 Å². The zero-order valence-electron chi connectivity index (χ0n) is 16.5. The van der Waals surface area contributed by atoms with Crippen LogP contribution in [-0.4, -0.2) is 9.97 Å². The lowest BCUT2D eigenvalue weighted by Crippen LogP contribution is -2.20. The highest BCUT2D eigenvalue weighted by atomic mass is 32.1. The average Bonchev–Trinajstić information content (AvgIpc) is 3.37. The maximum Gasteiger partial charge on any atom is 0.152 e. The van der Waals surface area contributed by atoms with Crippen molar-refractivity contribution >= 4 is 22.7 Å². The molecule has 0 radical (unpaired) electrons. The van der Waals surface area contributed by atoms with E-state index >= 15 is 0 Å². The molecule has 3 heterocycles. The minimum absolute atomic E-state index is 0.161. The smallest absolute Gasteiger partial charge is 0.152 e. The van der Waals surface area contributed by atoms with Crippen molar-refractivity contribution in [2.75, 3.05) is 0 Å². The first-order chi connectivity index (χ1) is 13.4. The molecule has 1 aliphatic heterocycles. The summed E-state index contributed by atoms with van der Waals surface area (Å²) in [5, 5.41) is 6.40. The van der Waals surface area contributed by atoms with Crippen LogP contribution < -0.4 is 0 Å². The third-order valence-corrected chi connectivity index (χ3v) is 7.80. The Morgan fingerprint density at radius 3 is 1.50 bits per heavy atom. The van der Waals surface area contributed by atoms with Crippen LogP contribution in [0.25, 0.3) is 21.1 Å². The van der Waals surface area contributed by atoms with Crippen LogP contribution in [0.3, 0.4) is 0 Å². The van der Waals surface area contributed by atoms with Gasteiger partial charge in [-0.2, -0.15) is 0 Å². The zero-order chi connectivity index (χ0) is 19.5. The first kappa shape index (κ1) is 17.8. The number of thiazole rings is 2. The van der Waals surface area contributed by atoms with Gasteiger partial charge in [0.1, 0.15) is 0 Å². The molecule has 2 nitrogen and oxygen atoms in total. The molecule has 0 saturated heterocycles. The van der Waals surface area contributed by atoms with E-state index < -0.39 is 0 Å². The van der Waals surface area contributed by atoms with Gasteiger partial charge in [0, 0.05) is 21.6 Å². The van der Waals surface area contributed by atoms with Gasteiger partial charge in [0.15, 0.2) is 10.0 Å². The van der Waals surface area contributed by atoms with E-state index in [0.717, 1.165) is 21.4 Å². The molecule has 0 fully saturated rings. The first-order valence-electron chi connectivity index (χ1n) is 9.49. The third kappa shape index (κ3) is 2.66. The summed E-state index contributed by atoms with van der Waals surface area (Å²) in [6.07, 6.45) is 0. The summed E-state index contributed by atoms with van der Waals surface area (Å²) < 4.78 is 0. The summed E-state index contributed by atoms with van der Waals surface area (Å²) in [6.45, 7) is 9.01. The summed E-state index contributed by atoms with van der Waals surface area (Å²) in [4.78, 5) is 9.99. The SMILES string of the molecule is CC1(C)c2cccc(c2)-c2cccc(c2)C(C)(C)c2csc(n2)-c2nc1cs2. The Labute approximate surface area is 174 Å². The molecule has 0 aliphatic carbocycles. The van der Waals surface area contributed by atoms with Crippen molar-refractivity contribution in [2.24, 2.45) is 0 Å². The fraction of sp³-hybridized carbons (Fsp3) is 0.250. The first-order valence-corrected chi connectivity index (χ1v) is 11.3.